The number of alkyl halides is 1. The number of hydrogen-bond acceptors (Lipinski definition) is 5. The quantitative estimate of drug-likeness (QED) is 0.241. The Morgan fingerprint density at radius 1 is 1.02 bits per heavy atom. The maximum Gasteiger partial charge on any atom is 0.233 e. The highest BCUT2D eigenvalue weighted by Gasteiger charge is 2.73. The zero-order valence-corrected chi connectivity index (χ0v) is 24.1. The summed E-state index contributed by atoms with van der Waals surface area (Å²) in [6.45, 7) is 0.686. The molecule has 1 amide bonds. The zero-order valence-electron chi connectivity index (χ0n) is 24.1. The van der Waals surface area contributed by atoms with E-state index in [-0.39, 0.29) is 16.7 Å². The number of aryl methyl sites for hydroxylation is 1. The number of benzene rings is 2. The fourth-order valence-electron chi connectivity index (χ4n) is 8.77. The van der Waals surface area contributed by atoms with Gasteiger partial charge in [-0.05, 0) is 111 Å². The smallest absolute Gasteiger partial charge is 0.233 e. The predicted octanol–water partition coefficient (Wildman–Crippen LogP) is 7.02. The van der Waals surface area contributed by atoms with Crippen LogP contribution in [0, 0.1) is 10.8 Å². The molecule has 8 heteroatoms. The molecule has 2 aromatic carbocycles. The van der Waals surface area contributed by atoms with Crippen molar-refractivity contribution in [2.75, 3.05) is 11.4 Å². The molecule has 4 bridgehead atoms. The standard InChI is InChI=1S/C34H36FN5O2/c1-39-27-8-7-24(15-25(27)17-36-39)23-3-2-4-26(16-23)40(30(41)33-18-34(35,19-33)20-33)21-31-9-12-32(13-10-31,14-11-31)29-37-28(38-42-29)22-5-6-22/h2-4,7-8,15-17,22H,5-6,9-14,18-21H2,1H3. The van der Waals surface area contributed by atoms with Crippen LogP contribution in [0.15, 0.2) is 53.2 Å². The second-order valence-corrected chi connectivity index (χ2v) is 14.5. The van der Waals surface area contributed by atoms with E-state index in [2.05, 4.69) is 52.7 Å². The first-order valence-electron chi connectivity index (χ1n) is 15.6. The van der Waals surface area contributed by atoms with Crippen molar-refractivity contribution < 1.29 is 13.7 Å². The lowest BCUT2D eigenvalue weighted by Crippen LogP contribution is -2.71. The highest BCUT2D eigenvalue weighted by atomic mass is 19.1. The second-order valence-electron chi connectivity index (χ2n) is 14.5. The Morgan fingerprint density at radius 3 is 2.48 bits per heavy atom. The Hall–Kier alpha value is -3.55. The fourth-order valence-corrected chi connectivity index (χ4v) is 8.77. The average molecular weight is 566 g/mol. The van der Waals surface area contributed by atoms with Crippen LogP contribution in [0.5, 0.6) is 0 Å². The summed E-state index contributed by atoms with van der Waals surface area (Å²) in [5.74, 6) is 2.34. The van der Waals surface area contributed by atoms with E-state index in [0.29, 0.717) is 31.7 Å². The van der Waals surface area contributed by atoms with Crippen molar-refractivity contribution in [3.05, 3.63) is 60.4 Å². The van der Waals surface area contributed by atoms with Crippen LogP contribution in [0.1, 0.15) is 88.3 Å². The van der Waals surface area contributed by atoms with Gasteiger partial charge in [0.05, 0.1) is 17.1 Å². The summed E-state index contributed by atoms with van der Waals surface area (Å²) in [5, 5.41) is 9.81. The normalized spacial score (nSPS) is 32.9. The van der Waals surface area contributed by atoms with Gasteiger partial charge >= 0.3 is 0 Å². The Labute approximate surface area is 244 Å². The van der Waals surface area contributed by atoms with Crippen molar-refractivity contribution in [1.29, 1.82) is 0 Å². The molecule has 216 valence electrons. The molecule has 0 unspecified atom stereocenters. The van der Waals surface area contributed by atoms with Crippen LogP contribution >= 0.6 is 0 Å². The van der Waals surface area contributed by atoms with Gasteiger partial charge in [0.15, 0.2) is 5.82 Å². The molecule has 7 aliphatic carbocycles. The minimum absolute atomic E-state index is 0.0178. The summed E-state index contributed by atoms with van der Waals surface area (Å²) in [4.78, 5) is 21.2. The number of fused-ring (bicyclic) bond motifs is 4. The van der Waals surface area contributed by atoms with E-state index in [1.165, 1.54) is 12.8 Å². The van der Waals surface area contributed by atoms with Crippen LogP contribution in [0.25, 0.3) is 22.0 Å². The van der Waals surface area contributed by atoms with Gasteiger partial charge in [-0.2, -0.15) is 10.1 Å². The van der Waals surface area contributed by atoms with Gasteiger partial charge in [0.25, 0.3) is 0 Å². The number of amides is 1. The lowest BCUT2D eigenvalue weighted by molar-refractivity contribution is -0.211. The average Bonchev–Trinajstić information content (AvgIpc) is 3.60. The van der Waals surface area contributed by atoms with Crippen LogP contribution in [0.4, 0.5) is 10.1 Å². The van der Waals surface area contributed by atoms with Crippen LogP contribution < -0.4 is 4.90 Å². The van der Waals surface area contributed by atoms with Gasteiger partial charge in [-0.15, -0.1) is 0 Å². The summed E-state index contributed by atoms with van der Waals surface area (Å²) < 4.78 is 22.3. The number of nitrogens with zero attached hydrogens (tertiary/aromatic N) is 5. The maximum absolute atomic E-state index is 14.6. The molecule has 0 spiro atoms. The Balaban J connectivity index is 1.02. The number of rotatable bonds is 7. The summed E-state index contributed by atoms with van der Waals surface area (Å²) in [6, 6.07) is 14.7. The first-order chi connectivity index (χ1) is 20.3. The van der Waals surface area contributed by atoms with Crippen LogP contribution in [-0.2, 0) is 17.3 Å². The zero-order chi connectivity index (χ0) is 28.3. The van der Waals surface area contributed by atoms with Crippen molar-refractivity contribution in [1.82, 2.24) is 19.9 Å². The molecule has 0 saturated heterocycles. The van der Waals surface area contributed by atoms with Crippen LogP contribution in [0.3, 0.4) is 0 Å². The third-order valence-electron chi connectivity index (χ3n) is 11.6. The van der Waals surface area contributed by atoms with Gasteiger partial charge in [0.1, 0.15) is 5.67 Å². The van der Waals surface area contributed by atoms with Crippen molar-refractivity contribution in [3.8, 4) is 11.1 Å². The minimum Gasteiger partial charge on any atom is -0.339 e. The molecule has 7 fully saturated rings. The maximum atomic E-state index is 14.6. The van der Waals surface area contributed by atoms with Gasteiger partial charge < -0.3 is 9.42 Å². The minimum atomic E-state index is -1.11. The molecule has 0 aliphatic heterocycles. The lowest BCUT2D eigenvalue weighted by Gasteiger charge is -2.65. The SMILES string of the molecule is Cn1ncc2cc(-c3cccc(N(CC45CCC(c6nc(C7CC7)no6)(CC4)CC5)C(=O)C45CC(F)(C4)C5)c3)ccc21. The molecule has 7 aliphatic rings. The highest BCUT2D eigenvalue weighted by molar-refractivity contribution is 6.01. The van der Waals surface area contributed by atoms with Crippen LogP contribution in [0.2, 0.25) is 0 Å². The first-order valence-corrected chi connectivity index (χ1v) is 15.6. The first kappa shape index (κ1) is 25.0. The molecule has 0 N–H and O–H groups in total. The summed E-state index contributed by atoms with van der Waals surface area (Å²) in [6.07, 6.45) is 11.5. The summed E-state index contributed by atoms with van der Waals surface area (Å²) in [5.41, 5.74) is 2.58. The second kappa shape index (κ2) is 8.29. The fraction of sp³-hybridized carbons (Fsp3) is 0.529. The molecule has 11 rings (SSSR count). The van der Waals surface area contributed by atoms with Gasteiger partial charge in [-0.1, -0.05) is 23.4 Å². The van der Waals surface area contributed by atoms with Gasteiger partial charge in [-0.3, -0.25) is 9.48 Å². The third kappa shape index (κ3) is 3.62. The van der Waals surface area contributed by atoms with E-state index in [9.17, 15) is 9.18 Å². The summed E-state index contributed by atoms with van der Waals surface area (Å²) in [7, 11) is 1.95. The number of carbonyl (C=O) groups excluding carboxylic acids is 1. The predicted molar refractivity (Wildman–Crippen MR) is 157 cm³/mol. The molecule has 4 aromatic rings. The van der Waals surface area contributed by atoms with E-state index >= 15 is 0 Å². The monoisotopic (exact) mass is 565 g/mol. The molecular formula is C34H36FN5O2. The topological polar surface area (TPSA) is 77.1 Å². The third-order valence-corrected chi connectivity index (χ3v) is 11.6. The molecule has 7 saturated carbocycles. The molecular weight excluding hydrogens is 529 g/mol. The number of anilines is 1. The Kier molecular flexibility index (Phi) is 4.94. The van der Waals surface area contributed by atoms with Crippen molar-refractivity contribution >= 4 is 22.5 Å². The van der Waals surface area contributed by atoms with Crippen molar-refractivity contribution in [2.45, 2.75) is 87.6 Å². The number of hydrogen-bond donors (Lipinski definition) is 0. The largest absolute Gasteiger partial charge is 0.339 e. The molecule has 7 nitrogen and oxygen atoms in total. The van der Waals surface area contributed by atoms with Gasteiger partial charge in [-0.25, -0.2) is 4.39 Å². The molecule has 0 radical (unpaired) electrons. The van der Waals surface area contributed by atoms with Crippen LogP contribution in [-0.4, -0.2) is 38.0 Å². The van der Waals surface area contributed by atoms with E-state index in [1.54, 1.807) is 0 Å². The van der Waals surface area contributed by atoms with Gasteiger partial charge in [0.2, 0.25) is 11.8 Å². The highest BCUT2D eigenvalue weighted by Crippen LogP contribution is 2.70. The summed E-state index contributed by atoms with van der Waals surface area (Å²) >= 11 is 0. The lowest BCUT2D eigenvalue weighted by atomic mass is 9.41. The molecule has 2 heterocycles. The molecule has 0 atom stereocenters. The number of halogens is 1. The molecule has 42 heavy (non-hydrogen) atoms. The van der Waals surface area contributed by atoms with E-state index < -0.39 is 11.1 Å². The Bertz CT molecular complexity index is 1710. The Morgan fingerprint density at radius 2 is 1.76 bits per heavy atom. The number of aromatic nitrogens is 4. The van der Waals surface area contributed by atoms with E-state index in [0.717, 1.165) is 78.0 Å². The van der Waals surface area contributed by atoms with E-state index in [1.807, 2.05) is 22.8 Å². The number of carbonyl (C=O) groups is 1. The van der Waals surface area contributed by atoms with Gasteiger partial charge in [0, 0.05) is 36.0 Å². The molecule has 2 aromatic heterocycles. The van der Waals surface area contributed by atoms with E-state index in [4.69, 9.17) is 9.51 Å². The van der Waals surface area contributed by atoms with Crippen molar-refractivity contribution in [3.63, 3.8) is 0 Å². The van der Waals surface area contributed by atoms with Crippen molar-refractivity contribution in [2.24, 2.45) is 17.9 Å².